The second-order valence-electron chi connectivity index (χ2n) is 10.6. The summed E-state index contributed by atoms with van der Waals surface area (Å²) in [5.74, 6) is 2.54. The SMILES string of the molecule is C1=Cc2c(oc3cccc(C4=NC(c5ccccc5)N=C(c5ccc6c7c(cccc57)-c5ccccc5-6)N4)c23)CN1. The molecule has 5 heteroatoms. The van der Waals surface area contributed by atoms with Gasteiger partial charge in [0, 0.05) is 22.1 Å². The van der Waals surface area contributed by atoms with E-state index in [0.717, 1.165) is 50.7 Å². The first-order valence-electron chi connectivity index (χ1n) is 13.9. The molecule has 41 heavy (non-hydrogen) atoms. The van der Waals surface area contributed by atoms with Crippen LogP contribution in [0.5, 0.6) is 0 Å². The molecule has 1 unspecified atom stereocenters. The molecule has 3 aliphatic rings. The molecule has 0 saturated carbocycles. The van der Waals surface area contributed by atoms with Crippen LogP contribution in [0.3, 0.4) is 0 Å². The molecule has 2 N–H and O–H groups in total. The fourth-order valence-electron chi connectivity index (χ4n) is 6.53. The Labute approximate surface area is 236 Å². The van der Waals surface area contributed by atoms with E-state index in [2.05, 4.69) is 89.5 Å². The summed E-state index contributed by atoms with van der Waals surface area (Å²) < 4.78 is 6.24. The second-order valence-corrected chi connectivity index (χ2v) is 10.6. The molecule has 0 bridgehead atoms. The zero-order chi connectivity index (χ0) is 26.9. The predicted molar refractivity (Wildman–Crippen MR) is 166 cm³/mol. The lowest BCUT2D eigenvalue weighted by molar-refractivity contribution is 0.532. The number of fused-ring (bicyclic) bond motifs is 6. The van der Waals surface area contributed by atoms with E-state index in [1.54, 1.807) is 0 Å². The molecule has 6 aromatic rings. The molecule has 0 radical (unpaired) electrons. The summed E-state index contributed by atoms with van der Waals surface area (Å²) in [5.41, 5.74) is 10.2. The summed E-state index contributed by atoms with van der Waals surface area (Å²) in [7, 11) is 0. The van der Waals surface area contributed by atoms with E-state index >= 15 is 0 Å². The number of rotatable bonds is 3. The van der Waals surface area contributed by atoms with Gasteiger partial charge in [-0.15, -0.1) is 0 Å². The standard InChI is InChI=1S/C36H24N4O/c1-2-8-21(9-3-1)34-38-35(27-17-16-26-23-11-5-4-10-22(23)24-12-6-13-25(27)32(24)26)40-36(39-34)29-14-7-15-30-33(29)28-18-19-37-20-31(28)41-30/h1-19,34,37H,20H2,(H,38,39,40). The molecule has 0 saturated heterocycles. The molecule has 0 spiro atoms. The van der Waals surface area contributed by atoms with Gasteiger partial charge < -0.3 is 15.1 Å². The van der Waals surface area contributed by atoms with Crippen molar-refractivity contribution in [2.24, 2.45) is 9.98 Å². The van der Waals surface area contributed by atoms with Gasteiger partial charge >= 0.3 is 0 Å². The predicted octanol–water partition coefficient (Wildman–Crippen LogP) is 7.80. The largest absolute Gasteiger partial charge is 0.459 e. The van der Waals surface area contributed by atoms with Crippen LogP contribution in [-0.4, -0.2) is 11.7 Å². The van der Waals surface area contributed by atoms with Crippen molar-refractivity contribution in [2.75, 3.05) is 0 Å². The van der Waals surface area contributed by atoms with Crippen LogP contribution < -0.4 is 10.6 Å². The van der Waals surface area contributed by atoms with Crippen LogP contribution in [0.4, 0.5) is 0 Å². The Bertz CT molecular complexity index is 2110. The van der Waals surface area contributed by atoms with Gasteiger partial charge in [-0.05, 0) is 56.9 Å². The van der Waals surface area contributed by atoms with Gasteiger partial charge in [-0.25, -0.2) is 9.98 Å². The first-order valence-corrected chi connectivity index (χ1v) is 13.9. The fourth-order valence-corrected chi connectivity index (χ4v) is 6.53. The van der Waals surface area contributed by atoms with Crippen LogP contribution >= 0.6 is 0 Å². The van der Waals surface area contributed by atoms with Crippen LogP contribution in [0, 0.1) is 0 Å². The van der Waals surface area contributed by atoms with Gasteiger partial charge in [0.15, 0.2) is 6.17 Å². The molecular formula is C36H24N4O. The summed E-state index contributed by atoms with van der Waals surface area (Å²) in [5, 5.41) is 10.4. The molecular weight excluding hydrogens is 504 g/mol. The maximum atomic E-state index is 6.24. The number of benzene rings is 5. The topological polar surface area (TPSA) is 61.9 Å². The van der Waals surface area contributed by atoms with Crippen LogP contribution in [0.2, 0.25) is 0 Å². The van der Waals surface area contributed by atoms with Crippen LogP contribution in [0.25, 0.3) is 50.1 Å². The minimum Gasteiger partial charge on any atom is -0.459 e. The van der Waals surface area contributed by atoms with Crippen molar-refractivity contribution in [3.8, 4) is 22.3 Å². The summed E-state index contributed by atoms with van der Waals surface area (Å²) in [4.78, 5) is 10.4. The third kappa shape index (κ3) is 3.29. The van der Waals surface area contributed by atoms with Gasteiger partial charge in [-0.3, -0.25) is 0 Å². The smallest absolute Gasteiger partial charge is 0.169 e. The molecule has 194 valence electrons. The van der Waals surface area contributed by atoms with E-state index in [-0.39, 0.29) is 6.17 Å². The van der Waals surface area contributed by atoms with E-state index in [4.69, 9.17) is 14.4 Å². The van der Waals surface area contributed by atoms with Gasteiger partial charge in [-0.2, -0.15) is 0 Å². The average Bonchev–Trinajstić information content (AvgIpc) is 3.59. The third-order valence-corrected chi connectivity index (χ3v) is 8.36. The Kier molecular flexibility index (Phi) is 4.66. The van der Waals surface area contributed by atoms with Gasteiger partial charge in [0.25, 0.3) is 0 Å². The maximum Gasteiger partial charge on any atom is 0.169 e. The van der Waals surface area contributed by atoms with E-state index in [1.807, 2.05) is 36.5 Å². The van der Waals surface area contributed by atoms with Gasteiger partial charge in [0.05, 0.1) is 6.54 Å². The summed E-state index contributed by atoms with van der Waals surface area (Å²) >= 11 is 0. The van der Waals surface area contributed by atoms with Gasteiger partial charge in [0.2, 0.25) is 0 Å². The van der Waals surface area contributed by atoms with E-state index < -0.39 is 0 Å². The second kappa shape index (κ2) is 8.54. The quantitative estimate of drug-likeness (QED) is 0.246. The number of hydrogen-bond acceptors (Lipinski definition) is 5. The van der Waals surface area contributed by atoms with Crippen LogP contribution in [-0.2, 0) is 6.54 Å². The van der Waals surface area contributed by atoms with Crippen molar-refractivity contribution < 1.29 is 4.42 Å². The minimum absolute atomic E-state index is 0.377. The molecule has 5 aromatic carbocycles. The summed E-state index contributed by atoms with van der Waals surface area (Å²) in [6, 6.07) is 36.2. The lowest BCUT2D eigenvalue weighted by Crippen LogP contribution is -2.36. The van der Waals surface area contributed by atoms with Crippen molar-refractivity contribution in [1.82, 2.24) is 10.6 Å². The minimum atomic E-state index is -0.377. The number of nitrogens with one attached hydrogen (secondary N) is 2. The molecule has 5 nitrogen and oxygen atoms in total. The Morgan fingerprint density at radius 3 is 2.15 bits per heavy atom. The molecule has 0 amide bonds. The molecule has 3 heterocycles. The number of nitrogens with zero attached hydrogens (tertiary/aromatic N) is 2. The normalized spacial score (nSPS) is 16.5. The number of furan rings is 1. The van der Waals surface area contributed by atoms with E-state index in [0.29, 0.717) is 6.54 Å². The van der Waals surface area contributed by atoms with Crippen molar-refractivity contribution in [2.45, 2.75) is 12.7 Å². The molecule has 1 atom stereocenters. The van der Waals surface area contributed by atoms with Gasteiger partial charge in [0.1, 0.15) is 23.0 Å². The number of amidine groups is 2. The van der Waals surface area contributed by atoms with Crippen LogP contribution in [0.1, 0.15) is 34.2 Å². The zero-order valence-electron chi connectivity index (χ0n) is 22.1. The highest BCUT2D eigenvalue weighted by atomic mass is 16.3. The number of aliphatic imine (C=N–C) groups is 2. The summed E-state index contributed by atoms with van der Waals surface area (Å²) in [6.45, 7) is 0.669. The monoisotopic (exact) mass is 528 g/mol. The number of hydrogen-bond donors (Lipinski definition) is 2. The molecule has 0 fully saturated rings. The van der Waals surface area contributed by atoms with Crippen LogP contribution in [0.15, 0.2) is 124 Å². The highest BCUT2D eigenvalue weighted by Crippen LogP contribution is 2.48. The van der Waals surface area contributed by atoms with Crippen molar-refractivity contribution in [3.63, 3.8) is 0 Å². The van der Waals surface area contributed by atoms with Crippen molar-refractivity contribution in [3.05, 3.63) is 137 Å². The first-order chi connectivity index (χ1) is 20.3. The Hall–Kier alpha value is -5.42. The highest BCUT2D eigenvalue weighted by molar-refractivity contribution is 6.26. The Morgan fingerprint density at radius 2 is 1.29 bits per heavy atom. The zero-order valence-corrected chi connectivity index (χ0v) is 22.1. The molecule has 2 aliphatic heterocycles. The molecule has 1 aliphatic carbocycles. The highest BCUT2D eigenvalue weighted by Gasteiger charge is 2.27. The van der Waals surface area contributed by atoms with E-state index in [9.17, 15) is 0 Å². The Morgan fingerprint density at radius 1 is 0.610 bits per heavy atom. The molecule has 1 aromatic heterocycles. The van der Waals surface area contributed by atoms with Crippen molar-refractivity contribution in [1.29, 1.82) is 0 Å². The first kappa shape index (κ1) is 22.4. The van der Waals surface area contributed by atoms with Gasteiger partial charge in [-0.1, -0.05) is 97.1 Å². The van der Waals surface area contributed by atoms with E-state index in [1.165, 1.54) is 33.0 Å². The maximum absolute atomic E-state index is 6.24. The molecule has 9 rings (SSSR count). The lowest BCUT2D eigenvalue weighted by Gasteiger charge is -2.23. The summed E-state index contributed by atoms with van der Waals surface area (Å²) in [6.07, 6.45) is 3.69. The Balaban J connectivity index is 1.25. The average molecular weight is 529 g/mol. The third-order valence-electron chi connectivity index (χ3n) is 8.36. The van der Waals surface area contributed by atoms with Crippen molar-refractivity contribution >= 4 is 39.5 Å². The lowest BCUT2D eigenvalue weighted by atomic mass is 9.97. The fraction of sp³-hybridized carbons (Fsp3) is 0.0556.